The molecule has 0 unspecified atom stereocenters. The zero-order chi connectivity index (χ0) is 19.2. The molecule has 0 amide bonds. The van der Waals surface area contributed by atoms with Crippen LogP contribution in [0.15, 0.2) is 30.5 Å². The van der Waals surface area contributed by atoms with Gasteiger partial charge in [0.05, 0.1) is 13.2 Å². The average Bonchev–Trinajstić information content (AvgIpc) is 2.63. The van der Waals surface area contributed by atoms with E-state index < -0.39 is 17.6 Å². The Hall–Kier alpha value is -2.51. The van der Waals surface area contributed by atoms with Crippen LogP contribution < -0.4 is 14.4 Å². The van der Waals surface area contributed by atoms with Crippen LogP contribution in [0.3, 0.4) is 0 Å². The van der Waals surface area contributed by atoms with Crippen molar-refractivity contribution < 1.29 is 22.6 Å². The molecule has 2 rings (SSSR count). The summed E-state index contributed by atoms with van der Waals surface area (Å²) in [4.78, 5) is 9.40. The van der Waals surface area contributed by atoms with E-state index in [1.54, 1.807) is 36.2 Å². The molecular weight excluding hydrogens is 347 g/mol. The molecule has 0 aliphatic carbocycles. The number of rotatable bonds is 8. The minimum Gasteiger partial charge on any atom is -0.494 e. The predicted octanol–water partition coefficient (Wildman–Crippen LogP) is 4.84. The van der Waals surface area contributed by atoms with Crippen molar-refractivity contribution in [2.45, 2.75) is 32.9 Å². The van der Waals surface area contributed by atoms with Gasteiger partial charge in [-0.1, -0.05) is 13.8 Å². The van der Waals surface area contributed by atoms with Crippen LogP contribution in [0.25, 0.3) is 0 Å². The predicted molar refractivity (Wildman–Crippen MR) is 93.1 cm³/mol. The second-order valence-corrected chi connectivity index (χ2v) is 5.64. The summed E-state index contributed by atoms with van der Waals surface area (Å²) >= 11 is 0. The van der Waals surface area contributed by atoms with Gasteiger partial charge in [0.25, 0.3) is 0 Å². The van der Waals surface area contributed by atoms with Crippen molar-refractivity contribution in [3.05, 3.63) is 36.0 Å². The van der Waals surface area contributed by atoms with Crippen molar-refractivity contribution in [3.8, 4) is 11.6 Å². The Morgan fingerprint density at radius 1 is 1.00 bits per heavy atom. The van der Waals surface area contributed by atoms with E-state index in [1.165, 1.54) is 0 Å². The SMILES string of the molecule is CCCOc1ccc(N(C)c2ncc(C(F)(F)F)c(OCCC)n2)cc1. The molecule has 0 N–H and O–H groups in total. The topological polar surface area (TPSA) is 47.5 Å². The molecule has 0 saturated heterocycles. The third kappa shape index (κ3) is 5.00. The smallest absolute Gasteiger partial charge is 0.423 e. The molecular formula is C18H22F3N3O2. The summed E-state index contributed by atoms with van der Waals surface area (Å²) in [5, 5.41) is 0. The maximum atomic E-state index is 13.1. The Bertz CT molecular complexity index is 706. The van der Waals surface area contributed by atoms with Gasteiger partial charge in [-0.05, 0) is 37.1 Å². The van der Waals surface area contributed by atoms with E-state index in [0.717, 1.165) is 24.1 Å². The molecule has 8 heteroatoms. The number of hydrogen-bond donors (Lipinski definition) is 0. The molecule has 142 valence electrons. The molecule has 5 nitrogen and oxygen atoms in total. The van der Waals surface area contributed by atoms with E-state index in [4.69, 9.17) is 9.47 Å². The minimum absolute atomic E-state index is 0.117. The minimum atomic E-state index is -4.57. The van der Waals surface area contributed by atoms with Gasteiger partial charge in [-0.2, -0.15) is 18.2 Å². The summed E-state index contributed by atoms with van der Waals surface area (Å²) in [6, 6.07) is 7.16. The summed E-state index contributed by atoms with van der Waals surface area (Å²) in [7, 11) is 1.67. The molecule has 26 heavy (non-hydrogen) atoms. The first-order chi connectivity index (χ1) is 12.4. The highest BCUT2D eigenvalue weighted by Gasteiger charge is 2.36. The normalized spacial score (nSPS) is 11.3. The second kappa shape index (κ2) is 8.73. The van der Waals surface area contributed by atoms with Gasteiger partial charge in [0, 0.05) is 18.9 Å². The fraction of sp³-hybridized carbons (Fsp3) is 0.444. The molecule has 0 bridgehead atoms. The fourth-order valence-electron chi connectivity index (χ4n) is 2.12. The number of aromatic nitrogens is 2. The highest BCUT2D eigenvalue weighted by molar-refractivity contribution is 5.58. The number of nitrogens with zero attached hydrogens (tertiary/aromatic N) is 3. The molecule has 1 heterocycles. The van der Waals surface area contributed by atoms with E-state index in [-0.39, 0.29) is 12.6 Å². The first kappa shape index (κ1) is 19.8. The lowest BCUT2D eigenvalue weighted by atomic mass is 10.3. The first-order valence-corrected chi connectivity index (χ1v) is 8.40. The maximum Gasteiger partial charge on any atom is 0.423 e. The zero-order valence-corrected chi connectivity index (χ0v) is 15.0. The second-order valence-electron chi connectivity index (χ2n) is 5.64. The lowest BCUT2D eigenvalue weighted by molar-refractivity contribution is -0.139. The Balaban J connectivity index is 2.26. The van der Waals surface area contributed by atoms with Crippen molar-refractivity contribution in [3.63, 3.8) is 0 Å². The van der Waals surface area contributed by atoms with Gasteiger partial charge in [-0.15, -0.1) is 0 Å². The molecule has 1 aromatic heterocycles. The largest absolute Gasteiger partial charge is 0.494 e. The molecule has 0 saturated carbocycles. The van der Waals surface area contributed by atoms with Crippen LogP contribution in [0, 0.1) is 0 Å². The lowest BCUT2D eigenvalue weighted by Gasteiger charge is -2.20. The standard InChI is InChI=1S/C18H22F3N3O2/c1-4-10-25-14-8-6-13(7-9-14)24(3)17-22-12-15(18(19,20)21)16(23-17)26-11-5-2/h6-9,12H,4-5,10-11H2,1-3H3. The average molecular weight is 369 g/mol. The number of hydrogen-bond acceptors (Lipinski definition) is 5. The number of alkyl halides is 3. The van der Waals surface area contributed by atoms with E-state index in [2.05, 4.69) is 9.97 Å². The van der Waals surface area contributed by atoms with Gasteiger partial charge in [-0.25, -0.2) is 4.98 Å². The molecule has 1 aromatic carbocycles. The third-order valence-corrected chi connectivity index (χ3v) is 3.49. The monoisotopic (exact) mass is 369 g/mol. The molecule has 0 aliphatic heterocycles. The highest BCUT2D eigenvalue weighted by Crippen LogP contribution is 2.36. The number of ether oxygens (including phenoxy) is 2. The van der Waals surface area contributed by atoms with Crippen LogP contribution in [0.1, 0.15) is 32.3 Å². The molecule has 0 aliphatic rings. The van der Waals surface area contributed by atoms with Crippen molar-refractivity contribution in [1.29, 1.82) is 0 Å². The Kier molecular flexibility index (Phi) is 6.65. The van der Waals surface area contributed by atoms with Gasteiger partial charge in [0.1, 0.15) is 11.3 Å². The summed E-state index contributed by atoms with van der Waals surface area (Å²) in [5.74, 6) is 0.384. The van der Waals surface area contributed by atoms with Crippen LogP contribution in [-0.2, 0) is 6.18 Å². The van der Waals surface area contributed by atoms with Crippen molar-refractivity contribution in [2.75, 3.05) is 25.2 Å². The fourth-order valence-corrected chi connectivity index (χ4v) is 2.12. The van der Waals surface area contributed by atoms with Crippen LogP contribution >= 0.6 is 0 Å². The van der Waals surface area contributed by atoms with Crippen LogP contribution in [0.2, 0.25) is 0 Å². The van der Waals surface area contributed by atoms with Crippen LogP contribution in [-0.4, -0.2) is 30.2 Å². The van der Waals surface area contributed by atoms with Crippen molar-refractivity contribution in [1.82, 2.24) is 9.97 Å². The molecule has 0 fully saturated rings. The van der Waals surface area contributed by atoms with Gasteiger partial charge < -0.3 is 14.4 Å². The van der Waals surface area contributed by atoms with Gasteiger partial charge >= 0.3 is 6.18 Å². The van der Waals surface area contributed by atoms with Gasteiger partial charge in [0.15, 0.2) is 0 Å². The first-order valence-electron chi connectivity index (χ1n) is 8.40. The summed E-state index contributed by atoms with van der Waals surface area (Å²) in [6.07, 6.45) is -2.34. The van der Waals surface area contributed by atoms with E-state index in [1.807, 2.05) is 13.8 Å². The Morgan fingerprint density at radius 2 is 1.62 bits per heavy atom. The molecule has 0 radical (unpaired) electrons. The molecule has 0 spiro atoms. The number of anilines is 2. The van der Waals surface area contributed by atoms with Crippen LogP contribution in [0.5, 0.6) is 11.6 Å². The summed E-state index contributed by atoms with van der Waals surface area (Å²) < 4.78 is 50.0. The van der Waals surface area contributed by atoms with Crippen molar-refractivity contribution in [2.24, 2.45) is 0 Å². The summed E-state index contributed by atoms with van der Waals surface area (Å²) in [5.41, 5.74) is -0.263. The highest BCUT2D eigenvalue weighted by atomic mass is 19.4. The zero-order valence-electron chi connectivity index (χ0n) is 15.0. The lowest BCUT2D eigenvalue weighted by Crippen LogP contribution is -2.17. The number of halogens is 3. The number of benzene rings is 1. The third-order valence-electron chi connectivity index (χ3n) is 3.49. The van der Waals surface area contributed by atoms with E-state index >= 15 is 0 Å². The quantitative estimate of drug-likeness (QED) is 0.666. The Labute approximate surface area is 150 Å². The van der Waals surface area contributed by atoms with Gasteiger partial charge in [-0.3, -0.25) is 0 Å². The van der Waals surface area contributed by atoms with Crippen molar-refractivity contribution >= 4 is 11.6 Å². The van der Waals surface area contributed by atoms with E-state index in [9.17, 15) is 13.2 Å². The Morgan fingerprint density at radius 3 is 2.19 bits per heavy atom. The van der Waals surface area contributed by atoms with Crippen LogP contribution in [0.4, 0.5) is 24.8 Å². The summed E-state index contributed by atoms with van der Waals surface area (Å²) in [6.45, 7) is 4.59. The maximum absolute atomic E-state index is 13.1. The van der Waals surface area contributed by atoms with Gasteiger partial charge in [0.2, 0.25) is 11.8 Å². The molecule has 2 aromatic rings. The molecule has 0 atom stereocenters. The van der Waals surface area contributed by atoms with E-state index in [0.29, 0.717) is 13.0 Å².